The van der Waals surface area contributed by atoms with E-state index in [1.54, 1.807) is 11.3 Å². The molecule has 7 nitrogen and oxygen atoms in total. The van der Waals surface area contributed by atoms with Crippen molar-refractivity contribution in [3.8, 4) is 27.8 Å². The number of benzene rings is 1. The monoisotopic (exact) mass is 468 g/mol. The van der Waals surface area contributed by atoms with Crippen LogP contribution < -0.4 is 14.2 Å². The van der Waals surface area contributed by atoms with Crippen LogP contribution in [0.5, 0.6) is 17.2 Å². The Labute approximate surface area is 198 Å². The van der Waals surface area contributed by atoms with Crippen LogP contribution in [0, 0.1) is 17.8 Å². The first-order valence-corrected chi connectivity index (χ1v) is 13.2. The molecule has 0 spiro atoms. The molecule has 0 atom stereocenters. The minimum absolute atomic E-state index is 0.158. The predicted molar refractivity (Wildman–Crippen MR) is 127 cm³/mol. The summed E-state index contributed by atoms with van der Waals surface area (Å²) in [5.41, 5.74) is 1.11. The van der Waals surface area contributed by atoms with Crippen LogP contribution in [-0.4, -0.2) is 39.6 Å². The maximum atomic E-state index is 5.92. The van der Waals surface area contributed by atoms with E-state index < -0.39 is 0 Å². The number of hydrogen-bond donors (Lipinski definition) is 0. The zero-order chi connectivity index (χ0) is 22.6. The molecule has 4 aliphatic carbocycles. The molecule has 2 aromatic heterocycles. The molecule has 0 radical (unpaired) electrons. The zero-order valence-electron chi connectivity index (χ0n) is 19.7. The third-order valence-electron chi connectivity index (χ3n) is 7.66. The first-order chi connectivity index (χ1) is 16.1. The van der Waals surface area contributed by atoms with Gasteiger partial charge < -0.3 is 14.2 Å². The zero-order valence-corrected chi connectivity index (χ0v) is 20.5. The summed E-state index contributed by atoms with van der Waals surface area (Å²) in [5.74, 6) is 5.68. The van der Waals surface area contributed by atoms with Crippen molar-refractivity contribution in [2.24, 2.45) is 17.8 Å². The van der Waals surface area contributed by atoms with Crippen molar-refractivity contribution < 1.29 is 14.2 Å². The highest BCUT2D eigenvalue weighted by molar-refractivity contribution is 7.19. The smallest absolute Gasteiger partial charge is 0.235 e. The van der Waals surface area contributed by atoms with Crippen LogP contribution in [-0.2, 0) is 5.41 Å². The molecule has 8 heteroatoms. The number of ether oxygens (including phenoxy) is 3. The van der Waals surface area contributed by atoms with Crippen molar-refractivity contribution in [2.45, 2.75) is 64.7 Å². The van der Waals surface area contributed by atoms with Gasteiger partial charge in [-0.3, -0.25) is 0 Å². The van der Waals surface area contributed by atoms with Crippen LogP contribution in [0.3, 0.4) is 0 Å². The van der Waals surface area contributed by atoms with Gasteiger partial charge in [-0.15, -0.1) is 10.2 Å². The van der Waals surface area contributed by atoms with Gasteiger partial charge in [0.25, 0.3) is 0 Å². The van der Waals surface area contributed by atoms with E-state index in [0.29, 0.717) is 37.1 Å². The lowest BCUT2D eigenvalue weighted by atomic mass is 9.49. The van der Waals surface area contributed by atoms with Crippen LogP contribution in [0.2, 0.25) is 0 Å². The van der Waals surface area contributed by atoms with Crippen LogP contribution >= 0.6 is 11.3 Å². The maximum absolute atomic E-state index is 5.92. The second kappa shape index (κ2) is 8.15. The molecule has 4 bridgehead atoms. The number of nitrogens with zero attached hydrogens (tertiary/aromatic N) is 4. The Morgan fingerprint density at radius 3 is 2.00 bits per heavy atom. The van der Waals surface area contributed by atoms with Gasteiger partial charge in [-0.25, -0.2) is 0 Å². The van der Waals surface area contributed by atoms with Gasteiger partial charge in [-0.05, 0) is 89.2 Å². The number of hydrogen-bond acceptors (Lipinski definition) is 7. The Morgan fingerprint density at radius 2 is 1.45 bits per heavy atom. The number of rotatable bonds is 8. The molecular formula is C25H32N4O3S. The second-order valence-corrected chi connectivity index (χ2v) is 10.9. The summed E-state index contributed by atoms with van der Waals surface area (Å²) >= 11 is 1.57. The predicted octanol–water partition coefficient (Wildman–Crippen LogP) is 5.52. The average Bonchev–Trinajstić information content (AvgIpc) is 3.36. The van der Waals surface area contributed by atoms with Gasteiger partial charge in [0.05, 0.1) is 19.8 Å². The van der Waals surface area contributed by atoms with Gasteiger partial charge in [0, 0.05) is 11.0 Å². The molecule has 2 heterocycles. The van der Waals surface area contributed by atoms with Gasteiger partial charge in [-0.2, -0.15) is 9.61 Å². The van der Waals surface area contributed by atoms with Crippen LogP contribution in [0.4, 0.5) is 0 Å². The first-order valence-electron chi connectivity index (χ1n) is 12.4. The molecule has 7 rings (SSSR count). The van der Waals surface area contributed by atoms with Gasteiger partial charge in [0.2, 0.25) is 10.7 Å². The first kappa shape index (κ1) is 21.2. The highest BCUT2D eigenvalue weighted by atomic mass is 32.1. The highest BCUT2D eigenvalue weighted by Crippen LogP contribution is 2.60. The van der Waals surface area contributed by atoms with E-state index >= 15 is 0 Å². The summed E-state index contributed by atoms with van der Waals surface area (Å²) in [6.45, 7) is 7.57. The molecule has 4 fully saturated rings. The average molecular weight is 469 g/mol. The van der Waals surface area contributed by atoms with E-state index in [0.717, 1.165) is 39.1 Å². The maximum Gasteiger partial charge on any atom is 0.235 e. The SMILES string of the molecule is CCOc1cc(-c2nn3c(C45CC6CC(CC(C6)C4)C5)nnc3s2)cc(OCC)c1OCC. The third-order valence-corrected chi connectivity index (χ3v) is 8.61. The Bertz CT molecular complexity index is 1110. The highest BCUT2D eigenvalue weighted by Gasteiger charge is 2.54. The molecule has 33 heavy (non-hydrogen) atoms. The molecule has 4 saturated carbocycles. The second-order valence-electron chi connectivity index (χ2n) is 9.92. The molecule has 0 N–H and O–H groups in total. The Hall–Kier alpha value is -2.35. The van der Waals surface area contributed by atoms with Crippen molar-refractivity contribution in [1.29, 1.82) is 0 Å². The van der Waals surface area contributed by atoms with Crippen molar-refractivity contribution >= 4 is 16.3 Å². The van der Waals surface area contributed by atoms with Crippen molar-refractivity contribution in [1.82, 2.24) is 19.8 Å². The minimum atomic E-state index is 0.158. The molecule has 0 saturated heterocycles. The standard InChI is InChI=1S/C25H32N4O3S/c1-4-30-19-10-18(11-20(31-5-2)21(19)32-6-3)22-28-29-23(26-27-24(29)33-22)25-12-15-7-16(13-25)9-17(8-15)14-25/h10-11,15-17H,4-9,12-14H2,1-3H3. The fourth-order valence-corrected chi connectivity index (χ4v) is 7.79. The van der Waals surface area contributed by atoms with E-state index in [1.165, 1.54) is 38.5 Å². The Morgan fingerprint density at radius 1 is 0.879 bits per heavy atom. The summed E-state index contributed by atoms with van der Waals surface area (Å²) in [6, 6.07) is 4.01. The lowest BCUT2D eigenvalue weighted by Crippen LogP contribution is -2.49. The van der Waals surface area contributed by atoms with Crippen LogP contribution in [0.25, 0.3) is 15.5 Å². The number of aromatic nitrogens is 4. The molecule has 0 amide bonds. The van der Waals surface area contributed by atoms with Crippen molar-refractivity contribution in [3.05, 3.63) is 18.0 Å². The summed E-state index contributed by atoms with van der Waals surface area (Å²) in [6.07, 6.45) is 7.98. The molecule has 0 aliphatic heterocycles. The molecular weight excluding hydrogens is 436 g/mol. The van der Waals surface area contributed by atoms with Gasteiger partial charge in [0.15, 0.2) is 17.3 Å². The largest absolute Gasteiger partial charge is 0.490 e. The van der Waals surface area contributed by atoms with Crippen LogP contribution in [0.1, 0.15) is 65.1 Å². The summed E-state index contributed by atoms with van der Waals surface area (Å²) < 4.78 is 19.7. The lowest BCUT2D eigenvalue weighted by molar-refractivity contribution is -0.0103. The van der Waals surface area contributed by atoms with E-state index in [9.17, 15) is 0 Å². The summed E-state index contributed by atoms with van der Waals surface area (Å²) in [4.78, 5) is 0.862. The Kier molecular flexibility index (Phi) is 5.24. The fourth-order valence-electron chi connectivity index (χ4n) is 6.96. The molecule has 4 aliphatic rings. The van der Waals surface area contributed by atoms with E-state index in [2.05, 4.69) is 5.10 Å². The minimum Gasteiger partial charge on any atom is -0.490 e. The van der Waals surface area contributed by atoms with Gasteiger partial charge in [-0.1, -0.05) is 11.3 Å². The fraction of sp³-hybridized carbons (Fsp3) is 0.640. The van der Waals surface area contributed by atoms with Crippen molar-refractivity contribution in [2.75, 3.05) is 19.8 Å². The Balaban J connectivity index is 1.41. The number of fused-ring (bicyclic) bond motifs is 1. The quantitative estimate of drug-likeness (QED) is 0.434. The molecule has 176 valence electrons. The summed E-state index contributed by atoms with van der Waals surface area (Å²) in [7, 11) is 0. The molecule has 3 aromatic rings. The molecule has 0 unspecified atom stereocenters. The third kappa shape index (κ3) is 3.49. The van der Waals surface area contributed by atoms with E-state index in [1.807, 2.05) is 37.4 Å². The van der Waals surface area contributed by atoms with E-state index in [4.69, 9.17) is 24.4 Å². The topological polar surface area (TPSA) is 70.8 Å². The van der Waals surface area contributed by atoms with E-state index in [-0.39, 0.29) is 5.41 Å². The van der Waals surface area contributed by atoms with Crippen LogP contribution in [0.15, 0.2) is 12.1 Å². The van der Waals surface area contributed by atoms with Gasteiger partial charge >= 0.3 is 0 Å². The van der Waals surface area contributed by atoms with Crippen molar-refractivity contribution in [3.63, 3.8) is 0 Å². The molecule has 1 aromatic carbocycles. The van der Waals surface area contributed by atoms with Gasteiger partial charge in [0.1, 0.15) is 5.01 Å². The summed E-state index contributed by atoms with van der Waals surface area (Å²) in [5, 5.41) is 15.2. The lowest BCUT2D eigenvalue weighted by Gasteiger charge is -2.55. The normalized spacial score (nSPS) is 27.9.